The van der Waals surface area contributed by atoms with Crippen molar-refractivity contribution in [2.24, 2.45) is 9.98 Å². The van der Waals surface area contributed by atoms with E-state index >= 15 is 0 Å². The van der Waals surface area contributed by atoms with E-state index in [2.05, 4.69) is 36.0 Å². The Hall–Kier alpha value is -2.06. The normalized spacial score (nSPS) is 22.1. The summed E-state index contributed by atoms with van der Waals surface area (Å²) in [6, 6.07) is 0.786. The number of rotatable bonds is 6. The number of nitrogens with zero attached hydrogens (tertiary/aromatic N) is 7. The Kier molecular flexibility index (Phi) is 6.17. The smallest absolute Gasteiger partial charge is 0.236 e. The van der Waals surface area contributed by atoms with E-state index in [0.717, 1.165) is 57.4 Å². The Morgan fingerprint density at radius 3 is 2.79 bits per heavy atom. The summed E-state index contributed by atoms with van der Waals surface area (Å²) < 4.78 is 1.92. The average molecular weight is 386 g/mol. The van der Waals surface area contributed by atoms with Gasteiger partial charge in [-0.3, -0.25) is 24.3 Å². The van der Waals surface area contributed by atoms with Crippen LogP contribution in [-0.4, -0.2) is 95.3 Å². The maximum absolute atomic E-state index is 12.8. The standard InChI is InChI=1S/C20H31N7O/c1-21-16-22-6-8-27-14-17-13-24(7-5-19(17)23-27)15-20(28)26-11-9-25(10-12-26)18-3-2-4-18/h6,14,16,18H,2-5,7-13,15H2,1H3. The Bertz CT molecular complexity index is 729. The minimum atomic E-state index is 0.273. The van der Waals surface area contributed by atoms with Crippen LogP contribution in [0.15, 0.2) is 16.2 Å². The lowest BCUT2D eigenvalue weighted by atomic mass is 9.91. The monoisotopic (exact) mass is 385 g/mol. The molecule has 1 saturated heterocycles. The molecule has 1 aromatic heterocycles. The third-order valence-corrected chi connectivity index (χ3v) is 6.16. The summed E-state index contributed by atoms with van der Waals surface area (Å²) in [6.07, 6.45) is 10.4. The molecule has 3 aliphatic rings. The summed E-state index contributed by atoms with van der Waals surface area (Å²) in [5.74, 6) is 0.273. The Morgan fingerprint density at radius 2 is 2.07 bits per heavy atom. The van der Waals surface area contributed by atoms with E-state index in [4.69, 9.17) is 0 Å². The number of hydrogen-bond acceptors (Lipinski definition) is 5. The molecule has 28 heavy (non-hydrogen) atoms. The van der Waals surface area contributed by atoms with Crippen LogP contribution in [0.1, 0.15) is 30.5 Å². The molecule has 152 valence electrons. The maximum atomic E-state index is 12.8. The fourth-order valence-electron chi connectivity index (χ4n) is 4.28. The van der Waals surface area contributed by atoms with Crippen LogP contribution in [0, 0.1) is 0 Å². The van der Waals surface area contributed by atoms with Gasteiger partial charge < -0.3 is 4.90 Å². The van der Waals surface area contributed by atoms with Crippen molar-refractivity contribution in [3.05, 3.63) is 17.5 Å². The second-order valence-electron chi connectivity index (χ2n) is 7.99. The van der Waals surface area contributed by atoms with Crippen molar-refractivity contribution >= 4 is 18.5 Å². The van der Waals surface area contributed by atoms with Crippen molar-refractivity contribution in [1.29, 1.82) is 0 Å². The first-order chi connectivity index (χ1) is 13.7. The van der Waals surface area contributed by atoms with Crippen LogP contribution >= 0.6 is 0 Å². The maximum Gasteiger partial charge on any atom is 0.236 e. The average Bonchev–Trinajstić information content (AvgIpc) is 3.06. The first-order valence-corrected chi connectivity index (χ1v) is 10.4. The van der Waals surface area contributed by atoms with Gasteiger partial charge in [0.25, 0.3) is 0 Å². The minimum absolute atomic E-state index is 0.273. The molecule has 0 atom stereocenters. The summed E-state index contributed by atoms with van der Waals surface area (Å²) in [4.78, 5) is 27.6. The van der Waals surface area contributed by atoms with Crippen molar-refractivity contribution in [2.45, 2.75) is 44.8 Å². The quantitative estimate of drug-likeness (QED) is 0.533. The summed E-state index contributed by atoms with van der Waals surface area (Å²) in [6.45, 7) is 6.70. The number of amides is 1. The van der Waals surface area contributed by atoms with Gasteiger partial charge in [-0.1, -0.05) is 6.42 Å². The number of aliphatic imine (C=N–C) groups is 2. The van der Waals surface area contributed by atoms with Gasteiger partial charge in [0.15, 0.2) is 0 Å². The lowest BCUT2D eigenvalue weighted by molar-refractivity contribution is -0.135. The summed E-state index contributed by atoms with van der Waals surface area (Å²) in [5, 5.41) is 4.64. The molecule has 2 fully saturated rings. The molecule has 1 saturated carbocycles. The molecule has 0 N–H and O–H groups in total. The molecule has 1 aliphatic carbocycles. The van der Waals surface area contributed by atoms with Gasteiger partial charge in [0.05, 0.1) is 18.8 Å². The van der Waals surface area contributed by atoms with Gasteiger partial charge in [-0.15, -0.1) is 0 Å². The second-order valence-corrected chi connectivity index (χ2v) is 7.99. The van der Waals surface area contributed by atoms with Crippen molar-refractivity contribution in [3.8, 4) is 0 Å². The molecule has 0 radical (unpaired) electrons. The van der Waals surface area contributed by atoms with Crippen molar-refractivity contribution in [1.82, 2.24) is 24.5 Å². The molecule has 0 unspecified atom stereocenters. The fraction of sp³-hybridized carbons (Fsp3) is 0.700. The highest BCUT2D eigenvalue weighted by Gasteiger charge is 2.30. The molecule has 8 nitrogen and oxygen atoms in total. The van der Waals surface area contributed by atoms with Gasteiger partial charge >= 0.3 is 0 Å². The van der Waals surface area contributed by atoms with Crippen LogP contribution in [0.5, 0.6) is 0 Å². The minimum Gasteiger partial charge on any atom is -0.339 e. The third-order valence-electron chi connectivity index (χ3n) is 6.16. The zero-order chi connectivity index (χ0) is 19.3. The van der Waals surface area contributed by atoms with Crippen LogP contribution in [-0.2, 0) is 24.3 Å². The first kappa shape index (κ1) is 19.3. The second kappa shape index (κ2) is 8.96. The first-order valence-electron chi connectivity index (χ1n) is 10.4. The summed E-state index contributed by atoms with van der Waals surface area (Å²) in [5.41, 5.74) is 2.38. The predicted molar refractivity (Wildman–Crippen MR) is 110 cm³/mol. The molecular weight excluding hydrogens is 354 g/mol. The molecular formula is C20H31N7O. The molecule has 0 bridgehead atoms. The molecule has 4 rings (SSSR count). The number of piperazine rings is 1. The Morgan fingerprint density at radius 1 is 1.25 bits per heavy atom. The van der Waals surface area contributed by atoms with Crippen molar-refractivity contribution in [3.63, 3.8) is 0 Å². The number of carbonyl (C=O) groups is 1. The van der Waals surface area contributed by atoms with E-state index in [1.54, 1.807) is 13.3 Å². The van der Waals surface area contributed by atoms with E-state index in [1.165, 1.54) is 31.2 Å². The molecule has 2 aliphatic heterocycles. The highest BCUT2D eigenvalue weighted by atomic mass is 16.2. The lowest BCUT2D eigenvalue weighted by Crippen LogP contribution is -2.55. The number of aromatic nitrogens is 2. The number of hydrogen-bond donors (Lipinski definition) is 0. The SMILES string of the molecule is CN=CN=CCn1cc2c(n1)CCN(CC(=O)N1CCN(C3CCC3)CC1)C2. The van der Waals surface area contributed by atoms with Gasteiger partial charge in [0.1, 0.15) is 6.34 Å². The summed E-state index contributed by atoms with van der Waals surface area (Å²) >= 11 is 0. The highest BCUT2D eigenvalue weighted by Crippen LogP contribution is 2.25. The van der Waals surface area contributed by atoms with Crippen molar-refractivity contribution in [2.75, 3.05) is 46.3 Å². The lowest BCUT2D eigenvalue weighted by Gasteiger charge is -2.43. The Balaban J connectivity index is 1.25. The van der Waals surface area contributed by atoms with Crippen LogP contribution < -0.4 is 0 Å². The highest BCUT2D eigenvalue weighted by molar-refractivity contribution is 5.78. The van der Waals surface area contributed by atoms with Gasteiger partial charge in [-0.05, 0) is 12.8 Å². The number of carbonyl (C=O) groups excluding carboxylic acids is 1. The molecule has 0 spiro atoms. The van der Waals surface area contributed by atoms with Crippen LogP contribution in [0.4, 0.5) is 0 Å². The Labute approximate surface area is 166 Å². The molecule has 1 aromatic rings. The zero-order valence-electron chi connectivity index (χ0n) is 16.8. The molecule has 8 heteroatoms. The van der Waals surface area contributed by atoms with Gasteiger partial charge in [0.2, 0.25) is 5.91 Å². The topological polar surface area (TPSA) is 69.3 Å². The predicted octanol–water partition coefficient (Wildman–Crippen LogP) is 0.667. The third kappa shape index (κ3) is 4.50. The van der Waals surface area contributed by atoms with E-state index in [0.29, 0.717) is 13.1 Å². The van der Waals surface area contributed by atoms with Gasteiger partial charge in [0, 0.05) is 76.8 Å². The van der Waals surface area contributed by atoms with Crippen LogP contribution in [0.2, 0.25) is 0 Å². The van der Waals surface area contributed by atoms with Crippen LogP contribution in [0.3, 0.4) is 0 Å². The summed E-state index contributed by atoms with van der Waals surface area (Å²) in [7, 11) is 1.70. The van der Waals surface area contributed by atoms with Gasteiger partial charge in [-0.25, -0.2) is 4.99 Å². The van der Waals surface area contributed by atoms with Gasteiger partial charge in [-0.2, -0.15) is 5.10 Å². The zero-order valence-corrected chi connectivity index (χ0v) is 16.8. The van der Waals surface area contributed by atoms with E-state index in [-0.39, 0.29) is 5.91 Å². The van der Waals surface area contributed by atoms with Crippen molar-refractivity contribution < 1.29 is 4.79 Å². The van der Waals surface area contributed by atoms with E-state index in [1.807, 2.05) is 4.68 Å². The van der Waals surface area contributed by atoms with Crippen LogP contribution in [0.25, 0.3) is 0 Å². The molecule has 1 amide bonds. The fourth-order valence-corrected chi connectivity index (χ4v) is 4.28. The van der Waals surface area contributed by atoms with E-state index in [9.17, 15) is 4.79 Å². The largest absolute Gasteiger partial charge is 0.339 e. The molecule has 0 aromatic carbocycles. The number of fused-ring (bicyclic) bond motifs is 1. The van der Waals surface area contributed by atoms with E-state index < -0.39 is 0 Å². The molecule has 3 heterocycles.